The molecule has 7 unspecified atom stereocenters. The van der Waals surface area contributed by atoms with Crippen LogP contribution in [0.3, 0.4) is 0 Å². The van der Waals surface area contributed by atoms with Crippen LogP contribution in [0.1, 0.15) is 181 Å². The van der Waals surface area contributed by atoms with E-state index >= 15 is 0 Å². The fraction of sp³-hybridized carbons (Fsp3) is 0.925. The molecule has 1 aliphatic carbocycles. The van der Waals surface area contributed by atoms with Gasteiger partial charge in [0.15, 0.2) is 5.11 Å². The third-order valence-corrected chi connectivity index (χ3v) is 10.5. The van der Waals surface area contributed by atoms with E-state index in [1.165, 1.54) is 128 Å². The van der Waals surface area contributed by atoms with Gasteiger partial charge in [-0.3, -0.25) is 0 Å². The Morgan fingerprint density at radius 3 is 1.57 bits per heavy atom. The molecule has 8 N–H and O–H groups in total. The molecular formula is C40H79N3O5S. The maximum absolute atomic E-state index is 10.9. The summed E-state index contributed by atoms with van der Waals surface area (Å²) in [6, 6.07) is -1.01. The van der Waals surface area contributed by atoms with Gasteiger partial charge in [-0.05, 0) is 37.9 Å². The van der Waals surface area contributed by atoms with Gasteiger partial charge in [0.1, 0.15) is 6.10 Å². The van der Waals surface area contributed by atoms with E-state index in [1.54, 1.807) is 6.08 Å². The lowest BCUT2D eigenvalue weighted by Gasteiger charge is -2.33. The molecule has 0 amide bonds. The number of aliphatic hydroxyl groups is 5. The molecular weight excluding hydrogens is 635 g/mol. The van der Waals surface area contributed by atoms with Crippen LogP contribution >= 0.6 is 12.2 Å². The van der Waals surface area contributed by atoms with Gasteiger partial charge < -0.3 is 41.5 Å². The lowest BCUT2D eigenvalue weighted by molar-refractivity contribution is -0.0722. The number of thiocarbonyl (C=S) groups is 1. The molecule has 0 fully saturated rings. The van der Waals surface area contributed by atoms with Gasteiger partial charge in [-0.2, -0.15) is 0 Å². The van der Waals surface area contributed by atoms with E-state index in [1.807, 2.05) is 13.0 Å². The summed E-state index contributed by atoms with van der Waals surface area (Å²) < 4.78 is 0. The second kappa shape index (κ2) is 31.9. The van der Waals surface area contributed by atoms with E-state index in [0.717, 1.165) is 19.4 Å². The first-order chi connectivity index (χ1) is 23.8. The van der Waals surface area contributed by atoms with Gasteiger partial charge in [0.2, 0.25) is 0 Å². The fourth-order valence-corrected chi connectivity index (χ4v) is 7.01. The molecule has 1 rings (SSSR count). The Bertz CT molecular complexity index is 791. The second-order valence-electron chi connectivity index (χ2n) is 14.8. The zero-order valence-corrected chi connectivity index (χ0v) is 32.5. The zero-order chi connectivity index (χ0) is 36.0. The van der Waals surface area contributed by atoms with Crippen molar-refractivity contribution in [2.24, 2.45) is 0 Å². The number of hydrogen-bond acceptors (Lipinski definition) is 7. The van der Waals surface area contributed by atoms with Crippen molar-refractivity contribution in [3.8, 4) is 0 Å². The highest BCUT2D eigenvalue weighted by Crippen LogP contribution is 2.17. The van der Waals surface area contributed by atoms with Crippen LogP contribution in [0.4, 0.5) is 0 Å². The topological polar surface area (TPSA) is 137 Å². The van der Waals surface area contributed by atoms with Crippen LogP contribution in [0.5, 0.6) is 0 Å². The smallest absolute Gasteiger partial charge is 0.166 e. The van der Waals surface area contributed by atoms with Crippen LogP contribution in [-0.4, -0.2) is 86.3 Å². The lowest BCUT2D eigenvalue weighted by atomic mass is 9.93. The number of rotatable bonds is 31. The summed E-state index contributed by atoms with van der Waals surface area (Å²) in [6.45, 7) is 5.18. The minimum absolute atomic E-state index is 0.201. The first-order valence-corrected chi connectivity index (χ1v) is 21.0. The monoisotopic (exact) mass is 714 g/mol. The Morgan fingerprint density at radius 2 is 1.10 bits per heavy atom. The average molecular weight is 714 g/mol. The summed E-state index contributed by atoms with van der Waals surface area (Å²) >= 11 is 5.53. The van der Waals surface area contributed by atoms with Gasteiger partial charge in [-0.15, -0.1) is 0 Å². The van der Waals surface area contributed by atoms with E-state index in [2.05, 4.69) is 22.9 Å². The summed E-state index contributed by atoms with van der Waals surface area (Å²) in [5.41, 5.74) is 0. The minimum Gasteiger partial charge on any atom is -0.393 e. The van der Waals surface area contributed by atoms with E-state index < -0.39 is 42.6 Å². The Balaban J connectivity index is 2.09. The van der Waals surface area contributed by atoms with Gasteiger partial charge in [-0.25, -0.2) is 0 Å². The molecule has 8 nitrogen and oxygen atoms in total. The number of nitrogens with one attached hydrogen (secondary N) is 3. The van der Waals surface area contributed by atoms with Crippen LogP contribution in [0.2, 0.25) is 0 Å². The van der Waals surface area contributed by atoms with Crippen molar-refractivity contribution in [2.45, 2.75) is 223 Å². The summed E-state index contributed by atoms with van der Waals surface area (Å²) in [6.07, 6.45) is 30.3. The Kier molecular flexibility index (Phi) is 30.1. The van der Waals surface area contributed by atoms with Crippen LogP contribution in [0.15, 0.2) is 12.2 Å². The van der Waals surface area contributed by atoms with Crippen molar-refractivity contribution in [3.63, 3.8) is 0 Å². The molecule has 0 spiro atoms. The van der Waals surface area contributed by atoms with Crippen LogP contribution < -0.4 is 16.0 Å². The van der Waals surface area contributed by atoms with E-state index in [0.29, 0.717) is 24.4 Å². The standard InChI is InChI=1S/C40H79N3O5S/c1-3-5-6-7-8-9-10-11-12-13-14-15-16-17-18-19-20-21-22-23-24-27-30-41-40(49)43-35(37(46)31-33(44)4-2)32-42-34-28-25-26-29-36(45)39(48)38(34)47/h25-26,33-39,42,44-48H,3-24,27-32H2,1-2H3,(H2,41,43,49). The highest BCUT2D eigenvalue weighted by molar-refractivity contribution is 7.80. The molecule has 0 aromatic carbocycles. The summed E-state index contributed by atoms with van der Waals surface area (Å²) in [4.78, 5) is 0. The summed E-state index contributed by atoms with van der Waals surface area (Å²) in [5, 5.41) is 62.1. The lowest BCUT2D eigenvalue weighted by Crippen LogP contribution is -2.57. The van der Waals surface area contributed by atoms with Crippen molar-refractivity contribution in [1.29, 1.82) is 0 Å². The Labute approximate surface area is 306 Å². The van der Waals surface area contributed by atoms with Gasteiger partial charge >= 0.3 is 0 Å². The molecule has 7 atom stereocenters. The van der Waals surface area contributed by atoms with Gasteiger partial charge in [0.05, 0.1) is 30.5 Å². The molecule has 0 saturated heterocycles. The molecule has 49 heavy (non-hydrogen) atoms. The quantitative estimate of drug-likeness (QED) is 0.0211. The van der Waals surface area contributed by atoms with E-state index in [4.69, 9.17) is 12.2 Å². The first-order valence-electron chi connectivity index (χ1n) is 20.6. The van der Waals surface area contributed by atoms with Gasteiger partial charge in [0.25, 0.3) is 0 Å². The predicted octanol–water partition coefficient (Wildman–Crippen LogP) is 7.33. The Hall–Kier alpha value is -0.810. The molecule has 290 valence electrons. The minimum atomic E-state index is -1.26. The van der Waals surface area contributed by atoms with Crippen LogP contribution in [-0.2, 0) is 0 Å². The summed E-state index contributed by atoms with van der Waals surface area (Å²) in [5.74, 6) is 0. The predicted molar refractivity (Wildman–Crippen MR) is 210 cm³/mol. The molecule has 0 aliphatic heterocycles. The van der Waals surface area contributed by atoms with Crippen molar-refractivity contribution >= 4 is 17.3 Å². The third-order valence-electron chi connectivity index (χ3n) is 10.3. The number of aliphatic hydroxyl groups excluding tert-OH is 5. The van der Waals surface area contributed by atoms with Gasteiger partial charge in [0, 0.05) is 25.6 Å². The van der Waals surface area contributed by atoms with Crippen LogP contribution in [0, 0.1) is 0 Å². The fourth-order valence-electron chi connectivity index (χ4n) is 6.75. The van der Waals surface area contributed by atoms with E-state index in [9.17, 15) is 25.5 Å². The molecule has 0 aromatic rings. The second-order valence-corrected chi connectivity index (χ2v) is 15.2. The van der Waals surface area contributed by atoms with Crippen molar-refractivity contribution in [3.05, 3.63) is 12.2 Å². The molecule has 0 saturated carbocycles. The normalized spacial score (nSPS) is 21.5. The SMILES string of the molecule is CCCCCCCCCCCCCCCCCCCCCCCCNC(=S)NC(CNC1CC=CCC(O)C(O)C1O)C(O)CC(O)CC. The molecule has 0 aromatic heterocycles. The van der Waals surface area contributed by atoms with Crippen LogP contribution in [0.25, 0.3) is 0 Å². The van der Waals surface area contributed by atoms with Crippen molar-refractivity contribution in [2.75, 3.05) is 13.1 Å². The first kappa shape index (κ1) is 46.2. The molecule has 1 aliphatic rings. The molecule has 9 heteroatoms. The number of unbranched alkanes of at least 4 members (excludes halogenated alkanes) is 21. The zero-order valence-electron chi connectivity index (χ0n) is 31.6. The summed E-state index contributed by atoms with van der Waals surface area (Å²) in [7, 11) is 0. The van der Waals surface area contributed by atoms with Crippen molar-refractivity contribution < 1.29 is 25.5 Å². The molecule has 0 heterocycles. The van der Waals surface area contributed by atoms with Crippen molar-refractivity contribution in [1.82, 2.24) is 16.0 Å². The highest BCUT2D eigenvalue weighted by Gasteiger charge is 2.32. The number of hydrogen-bond donors (Lipinski definition) is 8. The third kappa shape index (κ3) is 24.9. The van der Waals surface area contributed by atoms with E-state index in [-0.39, 0.29) is 13.0 Å². The maximum atomic E-state index is 10.9. The average Bonchev–Trinajstić information content (AvgIpc) is 3.09. The largest absolute Gasteiger partial charge is 0.393 e. The highest BCUT2D eigenvalue weighted by atomic mass is 32.1. The molecule has 0 radical (unpaired) electrons. The maximum Gasteiger partial charge on any atom is 0.166 e. The Morgan fingerprint density at radius 1 is 0.653 bits per heavy atom. The molecule has 0 bridgehead atoms. The van der Waals surface area contributed by atoms with Gasteiger partial charge in [-0.1, -0.05) is 161 Å².